The molecule has 1 aliphatic rings. The van der Waals surface area contributed by atoms with E-state index in [1.54, 1.807) is 7.11 Å². The van der Waals surface area contributed by atoms with E-state index >= 15 is 0 Å². The highest BCUT2D eigenvalue weighted by Crippen LogP contribution is 2.24. The van der Waals surface area contributed by atoms with Crippen molar-refractivity contribution in [1.29, 1.82) is 0 Å². The second-order valence-electron chi connectivity index (χ2n) is 6.11. The van der Waals surface area contributed by atoms with Crippen molar-refractivity contribution >= 4 is 5.96 Å². The topological polar surface area (TPSA) is 127 Å². The fourth-order valence-electron chi connectivity index (χ4n) is 2.88. The van der Waals surface area contributed by atoms with E-state index in [1.165, 1.54) is 0 Å². The summed E-state index contributed by atoms with van der Waals surface area (Å²) < 4.78 is 10.8. The Kier molecular flexibility index (Phi) is 8.42. The fourth-order valence-corrected chi connectivity index (χ4v) is 2.88. The first kappa shape index (κ1) is 20.2. The molecule has 0 aliphatic carbocycles. The average molecular weight is 365 g/mol. The van der Waals surface area contributed by atoms with Crippen molar-refractivity contribution in [2.45, 2.75) is 13.0 Å². The Bertz CT molecular complexity index is 570. The largest absolute Gasteiger partial charge is 0.497 e. The molecule has 0 amide bonds. The number of aliphatic imine (C=N–C) groups is 1. The van der Waals surface area contributed by atoms with Gasteiger partial charge in [-0.2, -0.15) is 0 Å². The third-order valence-corrected chi connectivity index (χ3v) is 4.30. The van der Waals surface area contributed by atoms with Crippen molar-refractivity contribution in [2.24, 2.45) is 22.2 Å². The number of rotatable bonds is 10. The summed E-state index contributed by atoms with van der Waals surface area (Å²) in [5.74, 6) is 1.74. The maximum absolute atomic E-state index is 5.51. The number of piperazine rings is 1. The minimum Gasteiger partial charge on any atom is -0.497 e. The Labute approximate surface area is 155 Å². The van der Waals surface area contributed by atoms with E-state index in [-0.39, 0.29) is 12.7 Å². The number of hydrazine groups is 1. The molecule has 9 nitrogen and oxygen atoms in total. The lowest BCUT2D eigenvalue weighted by Gasteiger charge is -2.35. The van der Waals surface area contributed by atoms with Gasteiger partial charge < -0.3 is 25.8 Å². The van der Waals surface area contributed by atoms with Gasteiger partial charge in [0.15, 0.2) is 5.96 Å². The molecule has 9 heteroatoms. The summed E-state index contributed by atoms with van der Waals surface area (Å²) in [5, 5.41) is 2.23. The highest BCUT2D eigenvalue weighted by atomic mass is 16.5. The van der Waals surface area contributed by atoms with Gasteiger partial charge in [0.1, 0.15) is 18.2 Å². The first-order chi connectivity index (χ1) is 12.6. The Morgan fingerprint density at radius 2 is 2.00 bits per heavy atom. The van der Waals surface area contributed by atoms with Crippen LogP contribution in [0.5, 0.6) is 11.5 Å². The first-order valence-electron chi connectivity index (χ1n) is 8.88. The number of methoxy groups -OCH3 is 1. The summed E-state index contributed by atoms with van der Waals surface area (Å²) in [6.07, 6.45) is 0.967. The van der Waals surface area contributed by atoms with Crippen LogP contribution in [-0.2, 0) is 6.54 Å². The molecule has 0 unspecified atom stereocenters. The predicted molar refractivity (Wildman–Crippen MR) is 103 cm³/mol. The van der Waals surface area contributed by atoms with Crippen LogP contribution in [0.3, 0.4) is 0 Å². The van der Waals surface area contributed by atoms with Crippen LogP contribution < -0.4 is 32.1 Å². The van der Waals surface area contributed by atoms with E-state index in [0.717, 1.165) is 56.2 Å². The second-order valence-corrected chi connectivity index (χ2v) is 6.11. The van der Waals surface area contributed by atoms with Gasteiger partial charge in [0.25, 0.3) is 0 Å². The maximum atomic E-state index is 5.51. The van der Waals surface area contributed by atoms with Gasteiger partial charge in [0.05, 0.1) is 7.11 Å². The monoisotopic (exact) mass is 365 g/mol. The number of ether oxygens (including phenoxy) is 2. The number of benzene rings is 1. The second kappa shape index (κ2) is 10.8. The molecular weight excluding hydrogens is 334 g/mol. The molecule has 1 aromatic carbocycles. The predicted octanol–water partition coefficient (Wildman–Crippen LogP) is -0.724. The zero-order chi connectivity index (χ0) is 18.8. The van der Waals surface area contributed by atoms with Crippen LogP contribution in [-0.4, -0.2) is 69.0 Å². The first-order valence-corrected chi connectivity index (χ1v) is 8.88. The van der Waals surface area contributed by atoms with Crippen LogP contribution in [0.25, 0.3) is 0 Å². The van der Waals surface area contributed by atoms with E-state index in [2.05, 4.69) is 20.3 Å². The summed E-state index contributed by atoms with van der Waals surface area (Å²) in [6.45, 7) is 6.45. The quantitative estimate of drug-likeness (QED) is 0.185. The smallest absolute Gasteiger partial charge is 0.185 e. The number of nitrogens with two attached hydrogens (primary N) is 3. The van der Waals surface area contributed by atoms with Crippen LogP contribution in [0.15, 0.2) is 23.2 Å². The molecule has 1 saturated heterocycles. The lowest BCUT2D eigenvalue weighted by atomic mass is 10.2. The number of nitrogens with zero attached hydrogens (tertiary/aromatic N) is 3. The molecule has 7 N–H and O–H groups in total. The third-order valence-electron chi connectivity index (χ3n) is 4.30. The summed E-state index contributed by atoms with van der Waals surface area (Å²) in [4.78, 5) is 6.44. The van der Waals surface area contributed by atoms with Gasteiger partial charge in [0.2, 0.25) is 0 Å². The summed E-state index contributed by atoms with van der Waals surface area (Å²) >= 11 is 0. The maximum Gasteiger partial charge on any atom is 0.185 e. The van der Waals surface area contributed by atoms with Gasteiger partial charge in [-0.15, -0.1) is 0 Å². The summed E-state index contributed by atoms with van der Waals surface area (Å²) in [5.41, 5.74) is 20.7. The molecule has 0 bridgehead atoms. The number of hydrogen-bond acceptors (Lipinski definition) is 7. The van der Waals surface area contributed by atoms with E-state index < -0.39 is 0 Å². The van der Waals surface area contributed by atoms with Gasteiger partial charge in [-0.1, -0.05) is 0 Å². The minimum atomic E-state index is 0.151. The molecule has 26 heavy (non-hydrogen) atoms. The minimum absolute atomic E-state index is 0.151. The Hall–Kier alpha value is -2.07. The van der Waals surface area contributed by atoms with Gasteiger partial charge in [0, 0.05) is 51.4 Å². The van der Waals surface area contributed by atoms with E-state index in [0.29, 0.717) is 13.1 Å². The standard InChI is InChI=1S/C17H31N7O2/c1-25-15-3-4-16(26-13-18)14(11-15)12-22-24-9-7-23(8-10-24)6-2-5-21-17(19)20/h3-4,11,22H,2,5-10,12-13,18H2,1H3,(H4,19,20,21). The van der Waals surface area contributed by atoms with Crippen LogP contribution >= 0.6 is 0 Å². The van der Waals surface area contributed by atoms with Crippen LogP contribution in [0.2, 0.25) is 0 Å². The molecule has 2 rings (SSSR count). The van der Waals surface area contributed by atoms with Gasteiger partial charge >= 0.3 is 0 Å². The highest BCUT2D eigenvalue weighted by Gasteiger charge is 2.16. The molecule has 1 fully saturated rings. The SMILES string of the molecule is COc1ccc(OCN)c(CNN2CCN(CCCN=C(N)N)CC2)c1. The molecule has 1 aliphatic heterocycles. The zero-order valence-corrected chi connectivity index (χ0v) is 15.5. The number of hydrogen-bond donors (Lipinski definition) is 4. The van der Waals surface area contributed by atoms with Gasteiger partial charge in [-0.05, 0) is 24.6 Å². The number of guanidine groups is 1. The van der Waals surface area contributed by atoms with Gasteiger partial charge in [-0.3, -0.25) is 16.2 Å². The van der Waals surface area contributed by atoms with Crippen molar-refractivity contribution in [3.63, 3.8) is 0 Å². The Morgan fingerprint density at radius 1 is 1.23 bits per heavy atom. The van der Waals surface area contributed by atoms with Crippen molar-refractivity contribution in [3.8, 4) is 11.5 Å². The molecule has 146 valence electrons. The molecular formula is C17H31N7O2. The third kappa shape index (κ3) is 6.68. The van der Waals surface area contributed by atoms with Crippen molar-refractivity contribution in [3.05, 3.63) is 23.8 Å². The van der Waals surface area contributed by atoms with E-state index in [4.69, 9.17) is 26.7 Å². The Morgan fingerprint density at radius 3 is 2.65 bits per heavy atom. The van der Waals surface area contributed by atoms with E-state index in [9.17, 15) is 0 Å². The molecule has 0 atom stereocenters. The Balaban J connectivity index is 1.75. The molecule has 0 saturated carbocycles. The molecule has 0 radical (unpaired) electrons. The van der Waals surface area contributed by atoms with Crippen molar-refractivity contribution in [2.75, 3.05) is 53.1 Å². The van der Waals surface area contributed by atoms with E-state index in [1.807, 2.05) is 18.2 Å². The zero-order valence-electron chi connectivity index (χ0n) is 15.5. The summed E-state index contributed by atoms with van der Waals surface area (Å²) in [6, 6.07) is 5.73. The average Bonchev–Trinajstić information content (AvgIpc) is 2.65. The molecule has 1 aromatic rings. The molecule has 0 aromatic heterocycles. The fraction of sp³-hybridized carbons (Fsp3) is 0.588. The molecule has 0 spiro atoms. The van der Waals surface area contributed by atoms with Crippen molar-refractivity contribution in [1.82, 2.24) is 15.3 Å². The highest BCUT2D eigenvalue weighted by molar-refractivity contribution is 5.75. The van der Waals surface area contributed by atoms with Crippen LogP contribution in [0.1, 0.15) is 12.0 Å². The lowest BCUT2D eigenvalue weighted by molar-refractivity contribution is 0.0868. The van der Waals surface area contributed by atoms with Crippen LogP contribution in [0.4, 0.5) is 0 Å². The summed E-state index contributed by atoms with van der Waals surface area (Å²) in [7, 11) is 1.66. The lowest BCUT2D eigenvalue weighted by Crippen LogP contribution is -2.51. The number of nitrogens with one attached hydrogen (secondary N) is 1. The van der Waals surface area contributed by atoms with Crippen molar-refractivity contribution < 1.29 is 9.47 Å². The van der Waals surface area contributed by atoms with Gasteiger partial charge in [-0.25, -0.2) is 5.01 Å². The normalized spacial score (nSPS) is 15.6. The van der Waals surface area contributed by atoms with Crippen LogP contribution in [0, 0.1) is 0 Å². The molecule has 1 heterocycles.